The van der Waals surface area contributed by atoms with Gasteiger partial charge in [0.05, 0.1) is 4.90 Å². The van der Waals surface area contributed by atoms with Crippen molar-refractivity contribution in [2.45, 2.75) is 50.5 Å². The maximum Gasteiger partial charge on any atom is 0.253 e. The zero-order valence-electron chi connectivity index (χ0n) is 17.3. The van der Waals surface area contributed by atoms with Gasteiger partial charge in [-0.1, -0.05) is 42.8 Å². The van der Waals surface area contributed by atoms with Crippen molar-refractivity contribution in [2.24, 2.45) is 0 Å². The Labute approximate surface area is 174 Å². The van der Waals surface area contributed by atoms with Gasteiger partial charge in [0.2, 0.25) is 10.0 Å². The van der Waals surface area contributed by atoms with Crippen LogP contribution in [0.15, 0.2) is 59.5 Å². The molecule has 156 valence electrons. The summed E-state index contributed by atoms with van der Waals surface area (Å²) >= 11 is 0. The van der Waals surface area contributed by atoms with E-state index in [-0.39, 0.29) is 16.8 Å². The Morgan fingerprint density at radius 1 is 1.10 bits per heavy atom. The normalized spacial score (nSPS) is 17.8. The standard InChI is InChI=1S/C23H30N2O3S/c1-3-24(17-15-20-11-5-4-6-12-20)23(26)21-13-9-14-22(18-21)29(27,28)25-16-8-7-10-19(25)2/h4-6,9,11-14,18-19H,3,7-8,10,15-17H2,1-2H3. The summed E-state index contributed by atoms with van der Waals surface area (Å²) < 4.78 is 27.8. The van der Waals surface area contributed by atoms with Crippen LogP contribution in [-0.4, -0.2) is 49.2 Å². The van der Waals surface area contributed by atoms with Crippen LogP contribution in [0.25, 0.3) is 0 Å². The van der Waals surface area contributed by atoms with Crippen molar-refractivity contribution in [3.8, 4) is 0 Å². The molecular weight excluding hydrogens is 384 g/mol. The number of carbonyl (C=O) groups is 1. The van der Waals surface area contributed by atoms with Gasteiger partial charge in [0.25, 0.3) is 5.91 Å². The molecule has 0 N–H and O–H groups in total. The van der Waals surface area contributed by atoms with E-state index in [9.17, 15) is 13.2 Å². The number of likely N-dealkylation sites (N-methyl/N-ethyl adjacent to an activating group) is 1. The summed E-state index contributed by atoms with van der Waals surface area (Å²) in [5.74, 6) is -0.132. The lowest BCUT2D eigenvalue weighted by Crippen LogP contribution is -2.42. The molecule has 1 amide bonds. The van der Waals surface area contributed by atoms with E-state index in [0.717, 1.165) is 25.7 Å². The fourth-order valence-corrected chi connectivity index (χ4v) is 5.59. The first-order chi connectivity index (χ1) is 13.9. The third-order valence-electron chi connectivity index (χ3n) is 5.61. The smallest absolute Gasteiger partial charge is 0.253 e. The molecule has 1 aliphatic heterocycles. The average Bonchev–Trinajstić information content (AvgIpc) is 2.75. The van der Waals surface area contributed by atoms with Gasteiger partial charge in [0, 0.05) is 31.2 Å². The summed E-state index contributed by atoms with van der Waals surface area (Å²) in [6.45, 7) is 5.61. The molecule has 1 heterocycles. The van der Waals surface area contributed by atoms with E-state index in [0.29, 0.717) is 25.2 Å². The first-order valence-electron chi connectivity index (χ1n) is 10.4. The molecule has 0 radical (unpaired) electrons. The van der Waals surface area contributed by atoms with E-state index in [1.807, 2.05) is 44.2 Å². The fourth-order valence-electron chi connectivity index (χ4n) is 3.85. The molecule has 1 saturated heterocycles. The molecule has 0 saturated carbocycles. The number of amides is 1. The highest BCUT2D eigenvalue weighted by molar-refractivity contribution is 7.89. The van der Waals surface area contributed by atoms with Crippen molar-refractivity contribution >= 4 is 15.9 Å². The fraction of sp³-hybridized carbons (Fsp3) is 0.435. The molecule has 1 fully saturated rings. The number of hydrogen-bond acceptors (Lipinski definition) is 3. The Bertz CT molecular complexity index is 928. The molecule has 0 aliphatic carbocycles. The van der Waals surface area contributed by atoms with Gasteiger partial charge >= 0.3 is 0 Å². The summed E-state index contributed by atoms with van der Waals surface area (Å²) in [4.78, 5) is 15.0. The first-order valence-corrected chi connectivity index (χ1v) is 11.8. The maximum atomic E-state index is 13.1. The second-order valence-electron chi connectivity index (χ2n) is 7.61. The third-order valence-corrected chi connectivity index (χ3v) is 7.62. The lowest BCUT2D eigenvalue weighted by atomic mass is 10.1. The molecular formula is C23H30N2O3S. The average molecular weight is 415 g/mol. The summed E-state index contributed by atoms with van der Waals surface area (Å²) in [5, 5.41) is 0. The van der Waals surface area contributed by atoms with Crippen molar-refractivity contribution in [2.75, 3.05) is 19.6 Å². The number of carbonyl (C=O) groups excluding carboxylic acids is 1. The molecule has 1 unspecified atom stereocenters. The Hall–Kier alpha value is -2.18. The van der Waals surface area contributed by atoms with Gasteiger partial charge in [-0.05, 0) is 56.9 Å². The molecule has 1 atom stereocenters. The van der Waals surface area contributed by atoms with Crippen LogP contribution < -0.4 is 0 Å². The van der Waals surface area contributed by atoms with E-state index in [4.69, 9.17) is 0 Å². The van der Waals surface area contributed by atoms with Crippen molar-refractivity contribution in [1.29, 1.82) is 0 Å². The predicted molar refractivity (Wildman–Crippen MR) is 115 cm³/mol. The van der Waals surface area contributed by atoms with Gasteiger partial charge in [0.1, 0.15) is 0 Å². The van der Waals surface area contributed by atoms with Crippen LogP contribution in [0, 0.1) is 0 Å². The molecule has 2 aromatic rings. The van der Waals surface area contributed by atoms with Gasteiger partial charge in [-0.3, -0.25) is 4.79 Å². The molecule has 3 rings (SSSR count). The van der Waals surface area contributed by atoms with E-state index in [1.165, 1.54) is 11.6 Å². The lowest BCUT2D eigenvalue weighted by Gasteiger charge is -2.32. The highest BCUT2D eigenvalue weighted by Gasteiger charge is 2.31. The maximum absolute atomic E-state index is 13.1. The summed E-state index contributed by atoms with van der Waals surface area (Å²) in [7, 11) is -3.59. The van der Waals surface area contributed by atoms with Crippen LogP contribution in [0.1, 0.15) is 49.0 Å². The van der Waals surface area contributed by atoms with Gasteiger partial charge in [0.15, 0.2) is 0 Å². The van der Waals surface area contributed by atoms with Gasteiger partial charge < -0.3 is 4.90 Å². The van der Waals surface area contributed by atoms with Gasteiger partial charge in [-0.25, -0.2) is 8.42 Å². The van der Waals surface area contributed by atoms with Crippen LogP contribution >= 0.6 is 0 Å². The topological polar surface area (TPSA) is 57.7 Å². The summed E-state index contributed by atoms with van der Waals surface area (Å²) in [6, 6.07) is 16.5. The SMILES string of the molecule is CCN(CCc1ccccc1)C(=O)c1cccc(S(=O)(=O)N2CCCCC2C)c1. The minimum absolute atomic E-state index is 0.00822. The number of rotatable bonds is 7. The molecule has 0 bridgehead atoms. The zero-order chi connectivity index (χ0) is 20.9. The van der Waals surface area contributed by atoms with Crippen LogP contribution in [0.4, 0.5) is 0 Å². The Kier molecular flexibility index (Phi) is 7.09. The molecule has 5 nitrogen and oxygen atoms in total. The van der Waals surface area contributed by atoms with E-state index >= 15 is 0 Å². The van der Waals surface area contributed by atoms with E-state index in [2.05, 4.69) is 0 Å². The summed E-state index contributed by atoms with van der Waals surface area (Å²) in [5.41, 5.74) is 1.60. The van der Waals surface area contributed by atoms with Crippen LogP contribution in [0.5, 0.6) is 0 Å². The van der Waals surface area contributed by atoms with Crippen LogP contribution in [0.3, 0.4) is 0 Å². The number of sulfonamides is 1. The number of piperidine rings is 1. The monoisotopic (exact) mass is 414 g/mol. The second kappa shape index (κ2) is 9.55. The number of hydrogen-bond donors (Lipinski definition) is 0. The van der Waals surface area contributed by atoms with Crippen molar-refractivity contribution in [3.05, 3.63) is 65.7 Å². The molecule has 1 aliphatic rings. The molecule has 0 spiro atoms. The first kappa shape index (κ1) is 21.5. The second-order valence-corrected chi connectivity index (χ2v) is 9.50. The van der Waals surface area contributed by atoms with E-state index in [1.54, 1.807) is 27.4 Å². The number of benzene rings is 2. The molecule has 2 aromatic carbocycles. The Morgan fingerprint density at radius 2 is 1.86 bits per heavy atom. The van der Waals surface area contributed by atoms with E-state index < -0.39 is 10.0 Å². The quantitative estimate of drug-likeness (QED) is 0.689. The minimum Gasteiger partial charge on any atom is -0.339 e. The third kappa shape index (κ3) is 5.06. The van der Waals surface area contributed by atoms with Crippen LogP contribution in [0.2, 0.25) is 0 Å². The van der Waals surface area contributed by atoms with Crippen molar-refractivity contribution in [3.63, 3.8) is 0 Å². The van der Waals surface area contributed by atoms with Gasteiger partial charge in [-0.2, -0.15) is 4.31 Å². The predicted octanol–water partition coefficient (Wildman–Crippen LogP) is 3.95. The summed E-state index contributed by atoms with van der Waals surface area (Å²) in [6.07, 6.45) is 3.58. The molecule has 29 heavy (non-hydrogen) atoms. The van der Waals surface area contributed by atoms with Crippen molar-refractivity contribution in [1.82, 2.24) is 9.21 Å². The van der Waals surface area contributed by atoms with Crippen LogP contribution in [-0.2, 0) is 16.4 Å². The lowest BCUT2D eigenvalue weighted by molar-refractivity contribution is 0.0766. The molecule has 0 aromatic heterocycles. The largest absolute Gasteiger partial charge is 0.339 e. The minimum atomic E-state index is -3.59. The Balaban J connectivity index is 1.77. The van der Waals surface area contributed by atoms with Crippen molar-refractivity contribution < 1.29 is 13.2 Å². The zero-order valence-corrected chi connectivity index (χ0v) is 18.1. The molecule has 6 heteroatoms. The Morgan fingerprint density at radius 3 is 2.55 bits per heavy atom. The highest BCUT2D eigenvalue weighted by Crippen LogP contribution is 2.25. The van der Waals surface area contributed by atoms with Gasteiger partial charge in [-0.15, -0.1) is 0 Å². The highest BCUT2D eigenvalue weighted by atomic mass is 32.2. The number of nitrogens with zero attached hydrogens (tertiary/aromatic N) is 2.